The first kappa shape index (κ1) is 14.4. The van der Waals surface area contributed by atoms with E-state index in [9.17, 15) is 8.42 Å². The van der Waals surface area contributed by atoms with Crippen molar-refractivity contribution in [2.45, 2.75) is 4.90 Å². The highest BCUT2D eigenvalue weighted by molar-refractivity contribution is 7.90. The number of nitrogens with one attached hydrogen (secondary N) is 1. The molecule has 2 rings (SSSR count). The SMILES string of the molecule is CS(=O)(=O)c1ccc(Nc2cccc(Cl)c2C#N)cc1. The Labute approximate surface area is 122 Å². The summed E-state index contributed by atoms with van der Waals surface area (Å²) in [6.45, 7) is 0. The van der Waals surface area contributed by atoms with E-state index >= 15 is 0 Å². The van der Waals surface area contributed by atoms with E-state index in [1.807, 2.05) is 6.07 Å². The van der Waals surface area contributed by atoms with E-state index in [4.69, 9.17) is 16.9 Å². The van der Waals surface area contributed by atoms with Gasteiger partial charge < -0.3 is 5.32 Å². The lowest BCUT2D eigenvalue weighted by atomic mass is 10.2. The summed E-state index contributed by atoms with van der Waals surface area (Å²) in [4.78, 5) is 0.245. The third-order valence-electron chi connectivity index (χ3n) is 2.69. The fourth-order valence-electron chi connectivity index (χ4n) is 1.68. The van der Waals surface area contributed by atoms with Gasteiger partial charge in [-0.25, -0.2) is 8.42 Å². The Morgan fingerprint density at radius 3 is 2.35 bits per heavy atom. The number of nitrogens with zero attached hydrogens (tertiary/aromatic N) is 1. The first-order chi connectivity index (χ1) is 9.41. The fraction of sp³-hybridized carbons (Fsp3) is 0.0714. The van der Waals surface area contributed by atoms with E-state index in [0.29, 0.717) is 22.0 Å². The summed E-state index contributed by atoms with van der Waals surface area (Å²) < 4.78 is 22.7. The maximum Gasteiger partial charge on any atom is 0.175 e. The van der Waals surface area contributed by atoms with E-state index in [2.05, 4.69) is 5.32 Å². The van der Waals surface area contributed by atoms with Crippen LogP contribution >= 0.6 is 11.6 Å². The van der Waals surface area contributed by atoms with Gasteiger partial charge in [0.05, 0.1) is 21.2 Å². The minimum Gasteiger partial charge on any atom is -0.354 e. The zero-order valence-corrected chi connectivity index (χ0v) is 12.2. The molecule has 0 unspecified atom stereocenters. The summed E-state index contributed by atoms with van der Waals surface area (Å²) in [5.41, 5.74) is 1.60. The molecule has 20 heavy (non-hydrogen) atoms. The second-order valence-electron chi connectivity index (χ2n) is 4.20. The van der Waals surface area contributed by atoms with Gasteiger partial charge in [-0.15, -0.1) is 0 Å². The Morgan fingerprint density at radius 2 is 1.80 bits per heavy atom. The van der Waals surface area contributed by atoms with E-state index in [1.165, 1.54) is 12.1 Å². The van der Waals surface area contributed by atoms with Crippen molar-refractivity contribution in [3.05, 3.63) is 53.1 Å². The first-order valence-corrected chi connectivity index (χ1v) is 7.94. The van der Waals surface area contributed by atoms with Crippen LogP contribution < -0.4 is 5.32 Å². The van der Waals surface area contributed by atoms with E-state index < -0.39 is 9.84 Å². The Kier molecular flexibility index (Phi) is 3.98. The average Bonchev–Trinajstić information content (AvgIpc) is 2.38. The molecule has 1 N–H and O–H groups in total. The average molecular weight is 307 g/mol. The highest BCUT2D eigenvalue weighted by Crippen LogP contribution is 2.26. The quantitative estimate of drug-likeness (QED) is 0.944. The molecule has 0 radical (unpaired) electrons. The minimum absolute atomic E-state index is 0.245. The van der Waals surface area contributed by atoms with Crippen molar-refractivity contribution >= 4 is 32.8 Å². The lowest BCUT2D eigenvalue weighted by molar-refractivity contribution is 0.602. The number of rotatable bonds is 3. The summed E-state index contributed by atoms with van der Waals surface area (Å²) >= 11 is 5.94. The van der Waals surface area contributed by atoms with Crippen LogP contribution in [0.2, 0.25) is 5.02 Å². The van der Waals surface area contributed by atoms with E-state index in [-0.39, 0.29) is 4.90 Å². The lowest BCUT2D eigenvalue weighted by Crippen LogP contribution is -1.98. The monoisotopic (exact) mass is 306 g/mol. The van der Waals surface area contributed by atoms with Crippen molar-refractivity contribution in [2.75, 3.05) is 11.6 Å². The molecule has 4 nitrogen and oxygen atoms in total. The summed E-state index contributed by atoms with van der Waals surface area (Å²) in [6.07, 6.45) is 1.15. The molecule has 0 saturated heterocycles. The lowest BCUT2D eigenvalue weighted by Gasteiger charge is -2.09. The predicted molar refractivity (Wildman–Crippen MR) is 79.0 cm³/mol. The topological polar surface area (TPSA) is 70.0 Å². The summed E-state index contributed by atoms with van der Waals surface area (Å²) in [6, 6.07) is 13.4. The van der Waals surface area contributed by atoms with Gasteiger partial charge in [0.25, 0.3) is 0 Å². The summed E-state index contributed by atoms with van der Waals surface area (Å²) in [7, 11) is -3.21. The predicted octanol–water partition coefficient (Wildman–Crippen LogP) is 3.36. The van der Waals surface area contributed by atoms with Crippen LogP contribution in [0.15, 0.2) is 47.4 Å². The van der Waals surface area contributed by atoms with Crippen LogP contribution in [0, 0.1) is 11.3 Å². The van der Waals surface area contributed by atoms with Gasteiger partial charge in [-0.3, -0.25) is 0 Å². The smallest absolute Gasteiger partial charge is 0.175 e. The number of sulfone groups is 1. The molecule has 2 aromatic rings. The molecule has 0 bridgehead atoms. The molecule has 2 aromatic carbocycles. The van der Waals surface area contributed by atoms with Crippen molar-refractivity contribution in [3.63, 3.8) is 0 Å². The largest absolute Gasteiger partial charge is 0.354 e. The molecule has 0 saturated carbocycles. The normalized spacial score (nSPS) is 10.8. The van der Waals surface area contributed by atoms with Gasteiger partial charge in [-0.05, 0) is 36.4 Å². The molecule has 0 spiro atoms. The molecule has 102 valence electrons. The Balaban J connectivity index is 2.32. The number of hydrogen-bond acceptors (Lipinski definition) is 4. The van der Waals surface area contributed by atoms with Gasteiger partial charge in [0.1, 0.15) is 6.07 Å². The van der Waals surface area contributed by atoms with Crippen LogP contribution in [0.25, 0.3) is 0 Å². The molecule has 0 heterocycles. The second-order valence-corrected chi connectivity index (χ2v) is 6.62. The van der Waals surface area contributed by atoms with Crippen LogP contribution in [0.1, 0.15) is 5.56 Å². The molecule has 0 fully saturated rings. The van der Waals surface area contributed by atoms with Gasteiger partial charge in [-0.1, -0.05) is 17.7 Å². The van der Waals surface area contributed by atoms with Crippen LogP contribution in [-0.2, 0) is 9.84 Å². The number of anilines is 2. The third-order valence-corrected chi connectivity index (χ3v) is 4.13. The number of hydrogen-bond donors (Lipinski definition) is 1. The third kappa shape index (κ3) is 3.10. The molecule has 6 heteroatoms. The standard InChI is InChI=1S/C14H11ClN2O2S/c1-20(18,19)11-7-5-10(6-8-11)17-14-4-2-3-13(15)12(14)9-16/h2-8,17H,1H3. The fourth-order valence-corrected chi connectivity index (χ4v) is 2.53. The number of benzene rings is 2. The van der Waals surface area contributed by atoms with Crippen LogP contribution in [0.5, 0.6) is 0 Å². The highest BCUT2D eigenvalue weighted by Gasteiger charge is 2.08. The molecule has 0 aromatic heterocycles. The molecule has 0 aliphatic rings. The van der Waals surface area contributed by atoms with Crippen molar-refractivity contribution in [1.29, 1.82) is 5.26 Å². The van der Waals surface area contributed by atoms with E-state index in [1.54, 1.807) is 30.3 Å². The van der Waals surface area contributed by atoms with Gasteiger partial charge in [0, 0.05) is 11.9 Å². The molecule has 0 aliphatic heterocycles. The van der Waals surface area contributed by atoms with Crippen LogP contribution in [-0.4, -0.2) is 14.7 Å². The van der Waals surface area contributed by atoms with Gasteiger partial charge in [0.2, 0.25) is 0 Å². The Hall–Kier alpha value is -2.03. The molecular weight excluding hydrogens is 296 g/mol. The van der Waals surface area contributed by atoms with Crippen molar-refractivity contribution < 1.29 is 8.42 Å². The Bertz CT molecular complexity index is 778. The first-order valence-electron chi connectivity index (χ1n) is 5.67. The number of halogens is 1. The number of nitriles is 1. The maximum atomic E-state index is 11.4. The van der Waals surface area contributed by atoms with Crippen molar-refractivity contribution in [1.82, 2.24) is 0 Å². The van der Waals surface area contributed by atoms with Gasteiger partial charge >= 0.3 is 0 Å². The van der Waals surface area contributed by atoms with Gasteiger partial charge in [0.15, 0.2) is 9.84 Å². The molecule has 0 aliphatic carbocycles. The molecular formula is C14H11ClN2O2S. The Morgan fingerprint density at radius 1 is 1.15 bits per heavy atom. The van der Waals surface area contributed by atoms with Crippen molar-refractivity contribution in [3.8, 4) is 6.07 Å². The van der Waals surface area contributed by atoms with Crippen LogP contribution in [0.3, 0.4) is 0 Å². The molecule has 0 atom stereocenters. The summed E-state index contributed by atoms with van der Waals surface area (Å²) in [5, 5.41) is 12.5. The molecule has 0 amide bonds. The van der Waals surface area contributed by atoms with Crippen molar-refractivity contribution in [2.24, 2.45) is 0 Å². The minimum atomic E-state index is -3.21. The summed E-state index contributed by atoms with van der Waals surface area (Å²) in [5.74, 6) is 0. The van der Waals surface area contributed by atoms with E-state index in [0.717, 1.165) is 6.26 Å². The zero-order chi connectivity index (χ0) is 14.8. The van der Waals surface area contributed by atoms with Crippen LogP contribution in [0.4, 0.5) is 11.4 Å². The second kappa shape index (κ2) is 5.53. The maximum absolute atomic E-state index is 11.4. The van der Waals surface area contributed by atoms with Gasteiger partial charge in [-0.2, -0.15) is 5.26 Å². The highest BCUT2D eigenvalue weighted by atomic mass is 35.5. The zero-order valence-electron chi connectivity index (χ0n) is 10.6.